The Kier molecular flexibility index (Phi) is 2.95. The van der Waals surface area contributed by atoms with Gasteiger partial charge in [-0.1, -0.05) is 32.0 Å². The fourth-order valence-electron chi connectivity index (χ4n) is 1.72. The van der Waals surface area contributed by atoms with E-state index in [0.717, 1.165) is 11.6 Å². The van der Waals surface area contributed by atoms with E-state index in [1.807, 2.05) is 23.9 Å². The molecular formula is C13H17N3. The summed E-state index contributed by atoms with van der Waals surface area (Å²) in [5.74, 6) is 1.37. The monoisotopic (exact) mass is 215 g/mol. The predicted octanol–water partition coefficient (Wildman–Crippen LogP) is 3.29. The molecule has 1 heterocycles. The lowest BCUT2D eigenvalue weighted by Crippen LogP contribution is -2.02. The van der Waals surface area contributed by atoms with Crippen molar-refractivity contribution in [3.63, 3.8) is 0 Å². The Hall–Kier alpha value is -1.77. The van der Waals surface area contributed by atoms with Gasteiger partial charge in [0.15, 0.2) is 0 Å². The van der Waals surface area contributed by atoms with Crippen molar-refractivity contribution in [1.29, 1.82) is 0 Å². The molecule has 0 radical (unpaired) electrons. The minimum absolute atomic E-state index is 0.504. The molecule has 0 atom stereocenters. The second-order valence-corrected chi connectivity index (χ2v) is 4.23. The van der Waals surface area contributed by atoms with Crippen LogP contribution in [0.5, 0.6) is 0 Å². The molecule has 0 amide bonds. The zero-order valence-corrected chi connectivity index (χ0v) is 9.94. The van der Waals surface area contributed by atoms with E-state index < -0.39 is 0 Å². The molecule has 3 nitrogen and oxygen atoms in total. The van der Waals surface area contributed by atoms with Crippen molar-refractivity contribution >= 4 is 11.6 Å². The van der Waals surface area contributed by atoms with Crippen molar-refractivity contribution in [1.82, 2.24) is 9.55 Å². The van der Waals surface area contributed by atoms with Crippen LogP contribution in [0.4, 0.5) is 11.6 Å². The minimum Gasteiger partial charge on any atom is -0.325 e. The summed E-state index contributed by atoms with van der Waals surface area (Å²) in [6.07, 6.45) is 3.72. The molecule has 0 aliphatic carbocycles. The average Bonchev–Trinajstić information content (AvgIpc) is 2.65. The van der Waals surface area contributed by atoms with Gasteiger partial charge in [0.25, 0.3) is 0 Å². The summed E-state index contributed by atoms with van der Waals surface area (Å²) >= 11 is 0. The number of anilines is 2. The lowest BCUT2D eigenvalue weighted by molar-refractivity contribution is 0.865. The number of para-hydroxylation sites is 1. The number of hydrogen-bond acceptors (Lipinski definition) is 2. The molecule has 0 unspecified atom stereocenters. The van der Waals surface area contributed by atoms with E-state index in [0.29, 0.717) is 5.92 Å². The van der Waals surface area contributed by atoms with Gasteiger partial charge in [-0.05, 0) is 17.5 Å². The van der Waals surface area contributed by atoms with Crippen molar-refractivity contribution in [3.8, 4) is 0 Å². The quantitative estimate of drug-likeness (QED) is 0.851. The van der Waals surface area contributed by atoms with Crippen molar-refractivity contribution < 1.29 is 0 Å². The predicted molar refractivity (Wildman–Crippen MR) is 67.0 cm³/mol. The second kappa shape index (κ2) is 4.39. The molecule has 0 bridgehead atoms. The lowest BCUT2D eigenvalue weighted by atomic mass is 10.0. The molecule has 1 aromatic carbocycles. The molecule has 2 rings (SSSR count). The van der Waals surface area contributed by atoms with Crippen LogP contribution in [-0.2, 0) is 7.05 Å². The largest absolute Gasteiger partial charge is 0.325 e. The Labute approximate surface area is 96.1 Å². The second-order valence-electron chi connectivity index (χ2n) is 4.23. The summed E-state index contributed by atoms with van der Waals surface area (Å²) in [4.78, 5) is 4.26. The molecular weight excluding hydrogens is 198 g/mol. The van der Waals surface area contributed by atoms with Gasteiger partial charge in [0, 0.05) is 25.1 Å². The third-order valence-corrected chi connectivity index (χ3v) is 2.65. The third-order valence-electron chi connectivity index (χ3n) is 2.65. The summed E-state index contributed by atoms with van der Waals surface area (Å²) in [5, 5.41) is 3.35. The molecule has 16 heavy (non-hydrogen) atoms. The van der Waals surface area contributed by atoms with Crippen LogP contribution >= 0.6 is 0 Å². The summed E-state index contributed by atoms with van der Waals surface area (Å²) in [7, 11) is 1.98. The maximum Gasteiger partial charge on any atom is 0.207 e. The van der Waals surface area contributed by atoms with Gasteiger partial charge in [-0.2, -0.15) is 0 Å². The fourth-order valence-corrected chi connectivity index (χ4v) is 1.72. The van der Waals surface area contributed by atoms with Crippen molar-refractivity contribution in [3.05, 3.63) is 42.2 Å². The van der Waals surface area contributed by atoms with Gasteiger partial charge in [-0.25, -0.2) is 4.98 Å². The first-order valence-corrected chi connectivity index (χ1v) is 5.51. The highest BCUT2D eigenvalue weighted by Crippen LogP contribution is 2.25. The zero-order valence-electron chi connectivity index (χ0n) is 9.94. The number of benzene rings is 1. The molecule has 0 spiro atoms. The van der Waals surface area contributed by atoms with Crippen LogP contribution < -0.4 is 5.32 Å². The fraction of sp³-hybridized carbons (Fsp3) is 0.308. The van der Waals surface area contributed by atoms with E-state index in [-0.39, 0.29) is 0 Å². The Morgan fingerprint density at radius 3 is 2.62 bits per heavy atom. The van der Waals surface area contributed by atoms with Gasteiger partial charge < -0.3 is 9.88 Å². The normalized spacial score (nSPS) is 10.8. The third kappa shape index (κ3) is 2.08. The van der Waals surface area contributed by atoms with Crippen LogP contribution in [-0.4, -0.2) is 9.55 Å². The summed E-state index contributed by atoms with van der Waals surface area (Å²) in [6, 6.07) is 8.34. The van der Waals surface area contributed by atoms with E-state index >= 15 is 0 Å². The molecule has 0 fully saturated rings. The summed E-state index contributed by atoms with van der Waals surface area (Å²) in [5.41, 5.74) is 2.44. The number of nitrogens with one attached hydrogen (secondary N) is 1. The first-order chi connectivity index (χ1) is 7.68. The topological polar surface area (TPSA) is 29.9 Å². The smallest absolute Gasteiger partial charge is 0.207 e. The van der Waals surface area contributed by atoms with Crippen molar-refractivity contribution in [2.24, 2.45) is 7.05 Å². The standard InChI is InChI=1S/C13H17N3/c1-10(2)11-6-4-5-7-12(11)15-13-14-8-9-16(13)3/h4-10H,1-3H3,(H,14,15). The van der Waals surface area contributed by atoms with E-state index in [1.54, 1.807) is 6.20 Å². The summed E-state index contributed by atoms with van der Waals surface area (Å²) in [6.45, 7) is 4.39. The van der Waals surface area contributed by atoms with Gasteiger partial charge in [0.05, 0.1) is 0 Å². The van der Waals surface area contributed by atoms with Crippen LogP contribution in [0.2, 0.25) is 0 Å². The number of aromatic nitrogens is 2. The van der Waals surface area contributed by atoms with E-state index in [9.17, 15) is 0 Å². The SMILES string of the molecule is CC(C)c1ccccc1Nc1nccn1C. The number of rotatable bonds is 3. The highest BCUT2D eigenvalue weighted by molar-refractivity contribution is 5.59. The Balaban J connectivity index is 2.31. The van der Waals surface area contributed by atoms with Gasteiger partial charge >= 0.3 is 0 Å². The number of nitrogens with zero attached hydrogens (tertiary/aromatic N) is 2. The maximum absolute atomic E-state index is 4.26. The molecule has 0 saturated carbocycles. The van der Waals surface area contributed by atoms with Gasteiger partial charge in [0.1, 0.15) is 0 Å². The number of imidazole rings is 1. The molecule has 0 aliphatic heterocycles. The van der Waals surface area contributed by atoms with Crippen LogP contribution in [0.15, 0.2) is 36.7 Å². The van der Waals surface area contributed by atoms with Gasteiger partial charge in [-0.3, -0.25) is 0 Å². The summed E-state index contributed by atoms with van der Waals surface area (Å²) < 4.78 is 1.97. The molecule has 0 aliphatic rings. The lowest BCUT2D eigenvalue weighted by Gasteiger charge is -2.13. The number of aryl methyl sites for hydroxylation is 1. The Morgan fingerprint density at radius 2 is 2.00 bits per heavy atom. The van der Waals surface area contributed by atoms with E-state index in [4.69, 9.17) is 0 Å². The van der Waals surface area contributed by atoms with Crippen LogP contribution in [0.3, 0.4) is 0 Å². The average molecular weight is 215 g/mol. The van der Waals surface area contributed by atoms with Crippen molar-refractivity contribution in [2.75, 3.05) is 5.32 Å². The van der Waals surface area contributed by atoms with Crippen molar-refractivity contribution in [2.45, 2.75) is 19.8 Å². The molecule has 0 saturated heterocycles. The van der Waals surface area contributed by atoms with Crippen LogP contribution in [0.25, 0.3) is 0 Å². The molecule has 3 heteroatoms. The highest BCUT2D eigenvalue weighted by atomic mass is 15.2. The van der Waals surface area contributed by atoms with Crippen LogP contribution in [0.1, 0.15) is 25.3 Å². The molecule has 1 N–H and O–H groups in total. The maximum atomic E-state index is 4.26. The van der Waals surface area contributed by atoms with Gasteiger partial charge in [0.2, 0.25) is 5.95 Å². The van der Waals surface area contributed by atoms with E-state index in [2.05, 4.69) is 42.3 Å². The van der Waals surface area contributed by atoms with Gasteiger partial charge in [-0.15, -0.1) is 0 Å². The van der Waals surface area contributed by atoms with E-state index in [1.165, 1.54) is 5.56 Å². The zero-order chi connectivity index (χ0) is 11.5. The van der Waals surface area contributed by atoms with Crippen LogP contribution in [0, 0.1) is 0 Å². The Morgan fingerprint density at radius 1 is 1.25 bits per heavy atom. The minimum atomic E-state index is 0.504. The first-order valence-electron chi connectivity index (χ1n) is 5.51. The number of hydrogen-bond donors (Lipinski definition) is 1. The molecule has 2 aromatic rings. The first kappa shape index (κ1) is 10.7. The highest BCUT2D eigenvalue weighted by Gasteiger charge is 2.07. The molecule has 1 aromatic heterocycles. The molecule has 84 valence electrons. The Bertz CT molecular complexity index is 472.